The quantitative estimate of drug-likeness (QED) is 0.373. The van der Waals surface area contributed by atoms with Crippen molar-refractivity contribution in [1.82, 2.24) is 0 Å². The number of carbonyl (C=O) groups is 2. The molecule has 32 heavy (non-hydrogen) atoms. The molecular weight excluding hydrogens is 466 g/mol. The van der Waals surface area contributed by atoms with Gasteiger partial charge in [0, 0.05) is 15.6 Å². The van der Waals surface area contributed by atoms with Crippen molar-refractivity contribution in [2.75, 3.05) is 4.90 Å². The fourth-order valence-corrected chi connectivity index (χ4v) is 4.83. The summed E-state index contributed by atoms with van der Waals surface area (Å²) in [6, 6.07) is 28.1. The molecular formula is C27H20BrNO3. The number of carbonyl (C=O) groups excluding carboxylic acids is 2. The average Bonchev–Trinajstić information content (AvgIpc) is 3.01. The molecule has 0 saturated carbocycles. The smallest absolute Gasteiger partial charge is 0.264 e. The SMILES string of the molecule is O=C(C[C@]1(O)C(=O)N(Cc2cccc3ccccc23)c2ccccc21)c1cccc(Br)c1. The molecule has 5 heteroatoms. The molecule has 1 amide bonds. The van der Waals surface area contributed by atoms with Crippen LogP contribution in [0.3, 0.4) is 0 Å². The topological polar surface area (TPSA) is 57.6 Å². The Morgan fingerprint density at radius 1 is 0.906 bits per heavy atom. The van der Waals surface area contributed by atoms with Gasteiger partial charge in [-0.2, -0.15) is 0 Å². The van der Waals surface area contributed by atoms with Gasteiger partial charge in [-0.15, -0.1) is 0 Å². The highest BCUT2D eigenvalue weighted by Crippen LogP contribution is 2.44. The molecule has 4 aromatic carbocycles. The van der Waals surface area contributed by atoms with Crippen LogP contribution < -0.4 is 4.90 Å². The first-order valence-electron chi connectivity index (χ1n) is 10.4. The molecule has 0 fully saturated rings. The second-order valence-electron chi connectivity index (χ2n) is 8.02. The maximum absolute atomic E-state index is 13.6. The highest BCUT2D eigenvalue weighted by atomic mass is 79.9. The molecule has 0 unspecified atom stereocenters. The van der Waals surface area contributed by atoms with Crippen molar-refractivity contribution in [2.24, 2.45) is 0 Å². The highest BCUT2D eigenvalue weighted by Gasteiger charge is 2.50. The number of halogens is 1. The molecule has 0 aliphatic carbocycles. The number of Topliss-reactive ketones (excluding diaryl/α,β-unsaturated/α-hetero) is 1. The molecule has 4 aromatic rings. The molecule has 1 aliphatic rings. The van der Waals surface area contributed by atoms with Gasteiger partial charge in [-0.25, -0.2) is 0 Å². The molecule has 4 nitrogen and oxygen atoms in total. The predicted molar refractivity (Wildman–Crippen MR) is 129 cm³/mol. The van der Waals surface area contributed by atoms with E-state index in [0.717, 1.165) is 20.8 Å². The summed E-state index contributed by atoms with van der Waals surface area (Å²) in [4.78, 5) is 28.2. The first-order valence-corrected chi connectivity index (χ1v) is 11.2. The maximum Gasteiger partial charge on any atom is 0.264 e. The molecule has 1 atom stereocenters. The second-order valence-corrected chi connectivity index (χ2v) is 8.93. The number of amides is 1. The van der Waals surface area contributed by atoms with Crippen molar-refractivity contribution in [1.29, 1.82) is 0 Å². The average molecular weight is 486 g/mol. The lowest BCUT2D eigenvalue weighted by Crippen LogP contribution is -2.41. The Morgan fingerprint density at radius 2 is 1.62 bits per heavy atom. The lowest BCUT2D eigenvalue weighted by atomic mass is 9.88. The van der Waals surface area contributed by atoms with Crippen LogP contribution in [0.25, 0.3) is 10.8 Å². The summed E-state index contributed by atoms with van der Waals surface area (Å²) in [5, 5.41) is 13.7. The standard InChI is InChI=1S/C27H20BrNO3/c28-21-11-6-9-19(15-21)25(30)16-27(32)23-13-3-4-14-24(23)29(26(27)31)17-20-10-5-8-18-7-1-2-12-22(18)20/h1-15,32H,16-17H2/t27-/m1/s1. The van der Waals surface area contributed by atoms with E-state index in [1.54, 1.807) is 35.2 Å². The Balaban J connectivity index is 1.52. The first-order chi connectivity index (χ1) is 15.5. The van der Waals surface area contributed by atoms with Gasteiger partial charge in [-0.3, -0.25) is 9.59 Å². The molecule has 1 aliphatic heterocycles. The van der Waals surface area contributed by atoms with E-state index in [1.165, 1.54) is 0 Å². The number of hydrogen-bond acceptors (Lipinski definition) is 3. The first kappa shape index (κ1) is 20.6. The van der Waals surface area contributed by atoms with Crippen LogP contribution in [0.1, 0.15) is 27.9 Å². The number of ketones is 1. The van der Waals surface area contributed by atoms with E-state index in [9.17, 15) is 14.7 Å². The summed E-state index contributed by atoms with van der Waals surface area (Å²) in [6.07, 6.45) is -0.314. The summed E-state index contributed by atoms with van der Waals surface area (Å²) in [5.74, 6) is -0.765. The fourth-order valence-electron chi connectivity index (χ4n) is 4.43. The Hall–Kier alpha value is -3.28. The number of hydrogen-bond donors (Lipinski definition) is 1. The minimum Gasteiger partial charge on any atom is -0.375 e. The van der Waals surface area contributed by atoms with Crippen LogP contribution >= 0.6 is 15.9 Å². The monoisotopic (exact) mass is 485 g/mol. The van der Waals surface area contributed by atoms with Crippen LogP contribution in [0, 0.1) is 0 Å². The number of benzene rings is 4. The lowest BCUT2D eigenvalue weighted by Gasteiger charge is -2.23. The van der Waals surface area contributed by atoms with Crippen molar-refractivity contribution in [2.45, 2.75) is 18.6 Å². The molecule has 0 saturated heterocycles. The van der Waals surface area contributed by atoms with Crippen LogP contribution in [0.4, 0.5) is 5.69 Å². The zero-order chi connectivity index (χ0) is 22.3. The van der Waals surface area contributed by atoms with Gasteiger partial charge in [0.1, 0.15) is 0 Å². The number of anilines is 1. The van der Waals surface area contributed by atoms with Crippen LogP contribution in [-0.2, 0) is 16.9 Å². The fraction of sp³-hybridized carbons (Fsp3) is 0.111. The zero-order valence-corrected chi connectivity index (χ0v) is 18.7. The Labute approximate surface area is 194 Å². The molecule has 158 valence electrons. The van der Waals surface area contributed by atoms with Crippen molar-refractivity contribution in [3.05, 3.63) is 112 Å². The van der Waals surface area contributed by atoms with E-state index in [-0.39, 0.29) is 12.2 Å². The van der Waals surface area contributed by atoms with Crippen LogP contribution in [0.2, 0.25) is 0 Å². The Kier molecular flexibility index (Phi) is 5.16. The number of fused-ring (bicyclic) bond motifs is 2. The van der Waals surface area contributed by atoms with Gasteiger partial charge >= 0.3 is 0 Å². The lowest BCUT2D eigenvalue weighted by molar-refractivity contribution is -0.136. The number of rotatable bonds is 5. The molecule has 1 N–H and O–H groups in total. The van der Waals surface area contributed by atoms with Gasteiger partial charge in [0.05, 0.1) is 18.7 Å². The summed E-state index contributed by atoms with van der Waals surface area (Å²) < 4.78 is 0.770. The van der Waals surface area contributed by atoms with Crippen LogP contribution in [0.15, 0.2) is 95.5 Å². The van der Waals surface area contributed by atoms with Crippen molar-refractivity contribution >= 4 is 44.1 Å². The van der Waals surface area contributed by atoms with E-state index in [4.69, 9.17) is 0 Å². The molecule has 0 radical (unpaired) electrons. The number of para-hydroxylation sites is 1. The summed E-state index contributed by atoms with van der Waals surface area (Å²) in [6.45, 7) is 0.310. The largest absolute Gasteiger partial charge is 0.375 e. The predicted octanol–water partition coefficient (Wildman–Crippen LogP) is 5.61. The third kappa shape index (κ3) is 3.44. The van der Waals surface area contributed by atoms with E-state index >= 15 is 0 Å². The molecule has 0 spiro atoms. The minimum absolute atomic E-state index is 0.288. The molecule has 5 rings (SSSR count). The van der Waals surface area contributed by atoms with E-state index in [2.05, 4.69) is 15.9 Å². The Bertz CT molecular complexity index is 1360. The Morgan fingerprint density at radius 3 is 2.47 bits per heavy atom. The second kappa shape index (κ2) is 8.01. The number of nitrogens with zero attached hydrogens (tertiary/aromatic N) is 1. The van der Waals surface area contributed by atoms with Crippen LogP contribution in [0.5, 0.6) is 0 Å². The van der Waals surface area contributed by atoms with Crippen LogP contribution in [-0.4, -0.2) is 16.8 Å². The zero-order valence-electron chi connectivity index (χ0n) is 17.2. The van der Waals surface area contributed by atoms with Gasteiger partial charge in [-0.05, 0) is 34.5 Å². The van der Waals surface area contributed by atoms with Gasteiger partial charge in [-0.1, -0.05) is 88.7 Å². The van der Waals surface area contributed by atoms with Crippen molar-refractivity contribution < 1.29 is 14.7 Å². The van der Waals surface area contributed by atoms with Gasteiger partial charge in [0.25, 0.3) is 5.91 Å². The maximum atomic E-state index is 13.6. The van der Waals surface area contributed by atoms with Gasteiger partial charge in [0.2, 0.25) is 0 Å². The van der Waals surface area contributed by atoms with Gasteiger partial charge < -0.3 is 10.0 Å². The molecule has 1 heterocycles. The number of aliphatic hydroxyl groups is 1. The van der Waals surface area contributed by atoms with E-state index < -0.39 is 11.5 Å². The summed E-state index contributed by atoms with van der Waals surface area (Å²) in [7, 11) is 0. The minimum atomic E-state index is -1.90. The van der Waals surface area contributed by atoms with E-state index in [1.807, 2.05) is 60.7 Å². The normalized spacial score (nSPS) is 17.6. The van der Waals surface area contributed by atoms with Crippen molar-refractivity contribution in [3.63, 3.8) is 0 Å². The van der Waals surface area contributed by atoms with Gasteiger partial charge in [0.15, 0.2) is 11.4 Å². The molecule has 0 bridgehead atoms. The third-order valence-corrected chi connectivity index (χ3v) is 6.50. The third-order valence-electron chi connectivity index (χ3n) is 6.01. The van der Waals surface area contributed by atoms with Crippen molar-refractivity contribution in [3.8, 4) is 0 Å². The van der Waals surface area contributed by atoms with E-state index in [0.29, 0.717) is 23.4 Å². The summed E-state index contributed by atoms with van der Waals surface area (Å²) in [5.41, 5.74) is 0.628. The molecule has 0 aromatic heterocycles. The summed E-state index contributed by atoms with van der Waals surface area (Å²) >= 11 is 3.37. The highest BCUT2D eigenvalue weighted by molar-refractivity contribution is 9.10.